The van der Waals surface area contributed by atoms with Crippen LogP contribution in [-0.2, 0) is 14.3 Å². The Morgan fingerprint density at radius 2 is 1.81 bits per heavy atom. The van der Waals surface area contributed by atoms with Gasteiger partial charge in [-0.2, -0.15) is 0 Å². The number of aliphatic hydroxyl groups excluding tert-OH is 2. The standard InChI is InChI=1S/C16H28O5/c1-11(6-7-14(19)10-21-13(3)18)16(4,5)9-8-15(20)12(2)17/h12,14,17,19H,1,6-10H2,2-5H3. The summed E-state index contributed by atoms with van der Waals surface area (Å²) in [5.74, 6) is -0.587. The molecule has 0 saturated carbocycles. The van der Waals surface area contributed by atoms with Gasteiger partial charge in [-0.1, -0.05) is 26.0 Å². The zero-order valence-electron chi connectivity index (χ0n) is 13.5. The van der Waals surface area contributed by atoms with E-state index in [0.717, 1.165) is 5.57 Å². The van der Waals surface area contributed by atoms with E-state index < -0.39 is 18.2 Å². The van der Waals surface area contributed by atoms with Crippen LogP contribution in [0.1, 0.15) is 53.4 Å². The molecule has 5 nitrogen and oxygen atoms in total. The van der Waals surface area contributed by atoms with Gasteiger partial charge in [-0.3, -0.25) is 9.59 Å². The van der Waals surface area contributed by atoms with Crippen molar-refractivity contribution < 1.29 is 24.5 Å². The molecule has 0 radical (unpaired) electrons. The fourth-order valence-corrected chi connectivity index (χ4v) is 1.80. The number of Topliss-reactive ketones (excluding diaryl/α,β-unsaturated/α-hetero) is 1. The summed E-state index contributed by atoms with van der Waals surface area (Å²) in [5.41, 5.74) is 0.689. The zero-order chi connectivity index (χ0) is 16.6. The van der Waals surface area contributed by atoms with Crippen molar-refractivity contribution in [3.05, 3.63) is 12.2 Å². The molecule has 0 fully saturated rings. The highest BCUT2D eigenvalue weighted by Gasteiger charge is 2.24. The number of aliphatic hydroxyl groups is 2. The second-order valence-electron chi connectivity index (χ2n) is 6.12. The smallest absolute Gasteiger partial charge is 0.302 e. The Bertz CT molecular complexity index is 371. The summed E-state index contributed by atoms with van der Waals surface area (Å²) in [7, 11) is 0. The van der Waals surface area contributed by atoms with Crippen molar-refractivity contribution in [1.29, 1.82) is 0 Å². The van der Waals surface area contributed by atoms with Crippen molar-refractivity contribution >= 4 is 11.8 Å². The molecule has 0 saturated heterocycles. The van der Waals surface area contributed by atoms with Crippen LogP contribution in [0.4, 0.5) is 0 Å². The van der Waals surface area contributed by atoms with Crippen LogP contribution < -0.4 is 0 Å². The van der Waals surface area contributed by atoms with Gasteiger partial charge in [0.25, 0.3) is 0 Å². The molecule has 0 aromatic rings. The van der Waals surface area contributed by atoms with E-state index in [4.69, 9.17) is 4.74 Å². The fraction of sp³-hybridized carbons (Fsp3) is 0.750. The predicted octanol–water partition coefficient (Wildman–Crippen LogP) is 2.00. The minimum absolute atomic E-state index is 0.0104. The van der Waals surface area contributed by atoms with E-state index in [9.17, 15) is 19.8 Å². The van der Waals surface area contributed by atoms with Crippen molar-refractivity contribution in [2.75, 3.05) is 6.61 Å². The Morgan fingerprint density at radius 3 is 2.29 bits per heavy atom. The van der Waals surface area contributed by atoms with E-state index in [2.05, 4.69) is 6.58 Å². The Balaban J connectivity index is 4.18. The Hall–Kier alpha value is -1.20. The predicted molar refractivity (Wildman–Crippen MR) is 80.7 cm³/mol. The van der Waals surface area contributed by atoms with Crippen LogP contribution in [0.3, 0.4) is 0 Å². The van der Waals surface area contributed by atoms with Crippen molar-refractivity contribution in [2.45, 2.75) is 65.6 Å². The number of hydrogen-bond donors (Lipinski definition) is 2. The normalized spacial score (nSPS) is 14.4. The molecule has 0 aliphatic rings. The molecular formula is C16H28O5. The van der Waals surface area contributed by atoms with Crippen LogP contribution in [0.25, 0.3) is 0 Å². The summed E-state index contributed by atoms with van der Waals surface area (Å²) in [6.07, 6.45) is 0.327. The maximum absolute atomic E-state index is 11.5. The average Bonchev–Trinajstić information content (AvgIpc) is 2.39. The van der Waals surface area contributed by atoms with E-state index >= 15 is 0 Å². The van der Waals surface area contributed by atoms with Gasteiger partial charge in [0.05, 0.1) is 6.10 Å². The molecule has 0 amide bonds. The van der Waals surface area contributed by atoms with Crippen molar-refractivity contribution in [2.24, 2.45) is 5.41 Å². The molecule has 0 aliphatic heterocycles. The largest absolute Gasteiger partial charge is 0.463 e. The minimum Gasteiger partial charge on any atom is -0.463 e. The van der Waals surface area contributed by atoms with Crippen LogP contribution >= 0.6 is 0 Å². The second-order valence-corrected chi connectivity index (χ2v) is 6.12. The fourth-order valence-electron chi connectivity index (χ4n) is 1.80. The number of hydrogen-bond acceptors (Lipinski definition) is 5. The Kier molecular flexibility index (Phi) is 8.44. The van der Waals surface area contributed by atoms with Crippen LogP contribution in [0.2, 0.25) is 0 Å². The number of allylic oxidation sites excluding steroid dienone is 1. The van der Waals surface area contributed by atoms with Crippen molar-refractivity contribution in [3.63, 3.8) is 0 Å². The quantitative estimate of drug-likeness (QED) is 0.476. The van der Waals surface area contributed by atoms with Crippen LogP contribution in [0, 0.1) is 5.41 Å². The maximum Gasteiger partial charge on any atom is 0.302 e. The van der Waals surface area contributed by atoms with E-state index in [0.29, 0.717) is 25.7 Å². The second kappa shape index (κ2) is 8.95. The third-order valence-corrected chi connectivity index (χ3v) is 3.68. The molecule has 2 unspecified atom stereocenters. The zero-order valence-corrected chi connectivity index (χ0v) is 13.5. The topological polar surface area (TPSA) is 83.8 Å². The molecule has 0 aliphatic carbocycles. The van der Waals surface area contributed by atoms with Crippen molar-refractivity contribution in [3.8, 4) is 0 Å². The Labute approximate surface area is 127 Å². The highest BCUT2D eigenvalue weighted by Crippen LogP contribution is 2.33. The monoisotopic (exact) mass is 300 g/mol. The summed E-state index contributed by atoms with van der Waals surface area (Å²) >= 11 is 0. The van der Waals surface area contributed by atoms with Gasteiger partial charge in [0, 0.05) is 13.3 Å². The van der Waals surface area contributed by atoms with Gasteiger partial charge in [-0.15, -0.1) is 0 Å². The molecule has 2 N–H and O–H groups in total. The first-order chi connectivity index (χ1) is 9.56. The van der Waals surface area contributed by atoms with E-state index in [1.165, 1.54) is 13.8 Å². The van der Waals surface area contributed by atoms with Crippen molar-refractivity contribution in [1.82, 2.24) is 0 Å². The van der Waals surface area contributed by atoms with E-state index in [-0.39, 0.29) is 17.8 Å². The lowest BCUT2D eigenvalue weighted by atomic mass is 9.78. The number of rotatable bonds is 10. The first-order valence-electron chi connectivity index (χ1n) is 7.26. The number of ketones is 1. The number of ether oxygens (including phenoxy) is 1. The molecule has 0 heterocycles. The molecule has 0 spiro atoms. The number of esters is 1. The highest BCUT2D eigenvalue weighted by molar-refractivity contribution is 5.82. The lowest BCUT2D eigenvalue weighted by Crippen LogP contribution is -2.22. The molecular weight excluding hydrogens is 272 g/mol. The first kappa shape index (κ1) is 19.8. The average molecular weight is 300 g/mol. The SMILES string of the molecule is C=C(CCC(O)COC(C)=O)C(C)(C)CCC(=O)C(C)O. The molecule has 5 heteroatoms. The van der Waals surface area contributed by atoms with Gasteiger partial charge in [-0.05, 0) is 31.6 Å². The number of carbonyl (C=O) groups excluding carboxylic acids is 2. The molecule has 0 aromatic carbocycles. The third kappa shape index (κ3) is 8.63. The molecule has 21 heavy (non-hydrogen) atoms. The van der Waals surface area contributed by atoms with Crippen LogP contribution in [-0.4, -0.2) is 40.8 Å². The first-order valence-corrected chi connectivity index (χ1v) is 7.26. The molecule has 0 bridgehead atoms. The molecule has 0 aromatic heterocycles. The highest BCUT2D eigenvalue weighted by atomic mass is 16.5. The van der Waals surface area contributed by atoms with E-state index in [1.807, 2.05) is 13.8 Å². The molecule has 0 rings (SSSR count). The van der Waals surface area contributed by atoms with Gasteiger partial charge in [-0.25, -0.2) is 0 Å². The van der Waals surface area contributed by atoms with Gasteiger partial charge in [0.2, 0.25) is 0 Å². The van der Waals surface area contributed by atoms with Crippen LogP contribution in [0.15, 0.2) is 12.2 Å². The van der Waals surface area contributed by atoms with Gasteiger partial charge >= 0.3 is 5.97 Å². The minimum atomic E-state index is -0.931. The summed E-state index contributed by atoms with van der Waals surface area (Å²) in [4.78, 5) is 22.1. The van der Waals surface area contributed by atoms with E-state index in [1.54, 1.807) is 0 Å². The van der Waals surface area contributed by atoms with Gasteiger partial charge in [0.15, 0.2) is 5.78 Å². The third-order valence-electron chi connectivity index (χ3n) is 3.68. The summed E-state index contributed by atoms with van der Waals surface area (Å²) in [6, 6.07) is 0. The van der Waals surface area contributed by atoms with Crippen LogP contribution in [0.5, 0.6) is 0 Å². The lowest BCUT2D eigenvalue weighted by molar-refractivity contribution is -0.144. The summed E-state index contributed by atoms with van der Waals surface area (Å²) in [5, 5.41) is 18.9. The molecule has 122 valence electrons. The summed E-state index contributed by atoms with van der Waals surface area (Å²) in [6.45, 7) is 10.8. The summed E-state index contributed by atoms with van der Waals surface area (Å²) < 4.78 is 4.74. The Morgan fingerprint density at radius 1 is 1.24 bits per heavy atom. The molecule has 2 atom stereocenters. The van der Waals surface area contributed by atoms with Gasteiger partial charge in [0.1, 0.15) is 12.7 Å². The maximum atomic E-state index is 11.5. The van der Waals surface area contributed by atoms with Gasteiger partial charge < -0.3 is 14.9 Å². The lowest BCUT2D eigenvalue weighted by Gasteiger charge is -2.28. The number of carbonyl (C=O) groups is 2.